The third-order valence-electron chi connectivity index (χ3n) is 3.80. The van der Waals surface area contributed by atoms with Crippen molar-refractivity contribution in [3.05, 3.63) is 29.8 Å². The molecule has 0 aromatic heterocycles. The maximum atomic E-state index is 12.3. The highest BCUT2D eigenvalue weighted by molar-refractivity contribution is 7.98. The molecule has 2 unspecified atom stereocenters. The fourth-order valence-electron chi connectivity index (χ4n) is 2.60. The van der Waals surface area contributed by atoms with Crippen LogP contribution in [-0.2, 0) is 9.53 Å². The van der Waals surface area contributed by atoms with Crippen LogP contribution in [0, 0.1) is 0 Å². The Balaban J connectivity index is 2.05. The second kappa shape index (κ2) is 7.82. The van der Waals surface area contributed by atoms with Gasteiger partial charge in [0.1, 0.15) is 6.17 Å². The van der Waals surface area contributed by atoms with Gasteiger partial charge in [-0.1, -0.05) is 12.1 Å². The van der Waals surface area contributed by atoms with Gasteiger partial charge in [0.25, 0.3) is 0 Å². The molecule has 2 rings (SSSR count). The van der Waals surface area contributed by atoms with Crippen LogP contribution in [0.25, 0.3) is 0 Å². The van der Waals surface area contributed by atoms with Gasteiger partial charge in [-0.05, 0) is 43.7 Å². The van der Waals surface area contributed by atoms with E-state index in [1.165, 1.54) is 4.90 Å². The molecule has 1 heterocycles. The van der Waals surface area contributed by atoms with Gasteiger partial charge in [-0.3, -0.25) is 10.1 Å². The van der Waals surface area contributed by atoms with Crippen molar-refractivity contribution in [3.63, 3.8) is 0 Å². The summed E-state index contributed by atoms with van der Waals surface area (Å²) in [6, 6.07) is 8.32. The Kier molecular flexibility index (Phi) is 6.08. The van der Waals surface area contributed by atoms with E-state index in [-0.39, 0.29) is 18.1 Å². The molecule has 1 aromatic carbocycles. The molecule has 116 valence electrons. The fraction of sp³-hybridized carbons (Fsp3) is 0.562. The number of nitrogens with zero attached hydrogens (tertiary/aromatic N) is 1. The predicted octanol–water partition coefficient (Wildman–Crippen LogP) is 2.65. The van der Waals surface area contributed by atoms with Crippen LogP contribution in [0.1, 0.15) is 31.5 Å². The van der Waals surface area contributed by atoms with Crippen molar-refractivity contribution >= 4 is 17.7 Å². The summed E-state index contributed by atoms with van der Waals surface area (Å²) in [5.74, 6) is 0.186. The summed E-state index contributed by atoms with van der Waals surface area (Å²) in [4.78, 5) is 15.5. The minimum absolute atomic E-state index is 0.00838. The molecule has 1 N–H and O–H groups in total. The summed E-state index contributed by atoms with van der Waals surface area (Å²) in [7, 11) is 1.71. The van der Waals surface area contributed by atoms with Crippen LogP contribution in [0.15, 0.2) is 29.2 Å². The number of ether oxygens (including phenoxy) is 1. The first-order valence-electron chi connectivity index (χ1n) is 7.36. The maximum absolute atomic E-state index is 12.3. The molecule has 5 heteroatoms. The molecule has 1 aliphatic rings. The van der Waals surface area contributed by atoms with E-state index in [1.54, 1.807) is 18.9 Å². The van der Waals surface area contributed by atoms with E-state index in [4.69, 9.17) is 4.74 Å². The molecule has 0 saturated carbocycles. The third kappa shape index (κ3) is 3.99. The first kappa shape index (κ1) is 16.3. The Morgan fingerprint density at radius 1 is 1.29 bits per heavy atom. The van der Waals surface area contributed by atoms with Crippen LogP contribution < -0.4 is 5.32 Å². The summed E-state index contributed by atoms with van der Waals surface area (Å²) in [5.41, 5.74) is 1.15. The number of benzene rings is 1. The number of thioether (sulfide) groups is 1. The topological polar surface area (TPSA) is 41.6 Å². The average Bonchev–Trinajstić information content (AvgIpc) is 2.80. The van der Waals surface area contributed by atoms with E-state index in [9.17, 15) is 4.79 Å². The van der Waals surface area contributed by atoms with E-state index < -0.39 is 0 Å². The number of amides is 1. The number of rotatable bonds is 7. The molecule has 0 bridgehead atoms. The predicted molar refractivity (Wildman–Crippen MR) is 86.4 cm³/mol. The van der Waals surface area contributed by atoms with Gasteiger partial charge in [0.2, 0.25) is 5.91 Å². The Hall–Kier alpha value is -1.04. The van der Waals surface area contributed by atoms with Crippen molar-refractivity contribution in [2.45, 2.75) is 36.9 Å². The number of carbonyl (C=O) groups is 1. The Bertz CT molecular complexity index is 464. The number of unbranched alkanes of at least 4 members (excludes halogenated alkanes) is 1. The molecule has 0 radical (unpaired) electrons. The molecule has 0 spiro atoms. The molecule has 1 saturated heterocycles. The van der Waals surface area contributed by atoms with Crippen LogP contribution in [0.4, 0.5) is 0 Å². The summed E-state index contributed by atoms with van der Waals surface area (Å²) >= 11 is 1.73. The average molecular weight is 308 g/mol. The van der Waals surface area contributed by atoms with Crippen LogP contribution in [0.2, 0.25) is 0 Å². The van der Waals surface area contributed by atoms with Crippen molar-refractivity contribution in [2.75, 3.05) is 26.5 Å². The molecule has 21 heavy (non-hydrogen) atoms. The van der Waals surface area contributed by atoms with Gasteiger partial charge in [-0.15, -0.1) is 11.8 Å². The summed E-state index contributed by atoms with van der Waals surface area (Å²) in [6.45, 7) is 3.45. The van der Waals surface area contributed by atoms with Crippen molar-refractivity contribution in [1.29, 1.82) is 0 Å². The monoisotopic (exact) mass is 308 g/mol. The van der Waals surface area contributed by atoms with Crippen LogP contribution in [0.5, 0.6) is 0 Å². The molecule has 1 aliphatic heterocycles. The number of methoxy groups -OCH3 is 1. The van der Waals surface area contributed by atoms with Crippen molar-refractivity contribution in [3.8, 4) is 0 Å². The minimum Gasteiger partial charge on any atom is -0.385 e. The zero-order chi connectivity index (χ0) is 15.2. The highest BCUT2D eigenvalue weighted by Gasteiger charge is 2.36. The summed E-state index contributed by atoms with van der Waals surface area (Å²) < 4.78 is 5.07. The van der Waals surface area contributed by atoms with Crippen molar-refractivity contribution < 1.29 is 9.53 Å². The smallest absolute Gasteiger partial charge is 0.241 e. The largest absolute Gasteiger partial charge is 0.385 e. The lowest BCUT2D eigenvalue weighted by molar-refractivity contribution is -0.129. The normalized spacial score (nSPS) is 22.0. The van der Waals surface area contributed by atoms with Crippen molar-refractivity contribution in [2.24, 2.45) is 0 Å². The fourth-order valence-corrected chi connectivity index (χ4v) is 3.01. The van der Waals surface area contributed by atoms with Gasteiger partial charge < -0.3 is 9.64 Å². The minimum atomic E-state index is -0.113. The molecular formula is C16H24N2O2S. The van der Waals surface area contributed by atoms with Crippen LogP contribution in [0.3, 0.4) is 0 Å². The highest BCUT2D eigenvalue weighted by Crippen LogP contribution is 2.27. The Morgan fingerprint density at radius 3 is 2.62 bits per heavy atom. The molecule has 1 fully saturated rings. The van der Waals surface area contributed by atoms with Gasteiger partial charge in [0.15, 0.2) is 0 Å². The molecule has 0 aliphatic carbocycles. The van der Waals surface area contributed by atoms with E-state index >= 15 is 0 Å². The lowest BCUT2D eigenvalue weighted by atomic mass is 10.1. The van der Waals surface area contributed by atoms with Crippen LogP contribution in [-0.4, -0.2) is 43.4 Å². The first-order chi connectivity index (χ1) is 10.2. The second-order valence-corrected chi connectivity index (χ2v) is 6.18. The van der Waals surface area contributed by atoms with Crippen molar-refractivity contribution in [1.82, 2.24) is 10.2 Å². The first-order valence-corrected chi connectivity index (χ1v) is 8.59. The van der Waals surface area contributed by atoms with Crippen LogP contribution >= 0.6 is 11.8 Å². The van der Waals surface area contributed by atoms with E-state index in [0.717, 1.165) is 31.6 Å². The molecule has 1 aromatic rings. The number of nitrogens with one attached hydrogen (secondary N) is 1. The maximum Gasteiger partial charge on any atom is 0.241 e. The van der Waals surface area contributed by atoms with Gasteiger partial charge in [0.05, 0.1) is 6.04 Å². The standard InChI is InChI=1S/C16H24N2O2S/c1-12-16(19)18(10-4-5-11-20-2)15(17-12)13-6-8-14(21-3)9-7-13/h6-9,12,15,17H,4-5,10-11H2,1-3H3. The molecule has 4 nitrogen and oxygen atoms in total. The molecular weight excluding hydrogens is 284 g/mol. The Labute approximate surface area is 131 Å². The van der Waals surface area contributed by atoms with Gasteiger partial charge in [0, 0.05) is 25.2 Å². The second-order valence-electron chi connectivity index (χ2n) is 5.30. The lowest BCUT2D eigenvalue weighted by Crippen LogP contribution is -2.31. The Morgan fingerprint density at radius 2 is 2.00 bits per heavy atom. The SMILES string of the molecule is COCCCCN1C(=O)C(C)NC1c1ccc(SC)cc1. The quantitative estimate of drug-likeness (QED) is 0.621. The van der Waals surface area contributed by atoms with Gasteiger partial charge in [-0.25, -0.2) is 0 Å². The number of hydrogen-bond acceptors (Lipinski definition) is 4. The zero-order valence-electron chi connectivity index (χ0n) is 13.0. The lowest BCUT2D eigenvalue weighted by Gasteiger charge is -2.24. The number of carbonyl (C=O) groups excluding carboxylic acids is 1. The van der Waals surface area contributed by atoms with Gasteiger partial charge >= 0.3 is 0 Å². The zero-order valence-corrected chi connectivity index (χ0v) is 13.8. The molecule has 2 atom stereocenters. The summed E-state index contributed by atoms with van der Waals surface area (Å²) in [6.07, 6.45) is 4.00. The highest BCUT2D eigenvalue weighted by atomic mass is 32.2. The van der Waals surface area contributed by atoms with E-state index in [1.807, 2.05) is 11.8 Å². The number of hydrogen-bond donors (Lipinski definition) is 1. The van der Waals surface area contributed by atoms with E-state index in [0.29, 0.717) is 0 Å². The van der Waals surface area contributed by atoms with E-state index in [2.05, 4.69) is 35.8 Å². The molecule has 1 amide bonds. The third-order valence-corrected chi connectivity index (χ3v) is 4.55. The summed E-state index contributed by atoms with van der Waals surface area (Å²) in [5, 5.41) is 3.39. The van der Waals surface area contributed by atoms with Gasteiger partial charge in [-0.2, -0.15) is 0 Å².